The quantitative estimate of drug-likeness (QED) is 0.561. The summed E-state index contributed by atoms with van der Waals surface area (Å²) in [5.74, 6) is -0.0730. The lowest BCUT2D eigenvalue weighted by Crippen LogP contribution is -2.43. The predicted molar refractivity (Wildman–Crippen MR) is 111 cm³/mol. The van der Waals surface area contributed by atoms with E-state index in [9.17, 15) is 9.18 Å². The number of thiol groups is 2. The number of nitrogens with one attached hydrogen (secondary N) is 1. The molecule has 27 heavy (non-hydrogen) atoms. The fourth-order valence-electron chi connectivity index (χ4n) is 3.99. The first-order valence-electron chi connectivity index (χ1n) is 9.61. The minimum absolute atomic E-state index is 0.141. The lowest BCUT2D eigenvalue weighted by Gasteiger charge is -2.30. The lowest BCUT2D eigenvalue weighted by molar-refractivity contribution is -0.128. The number of hydrogen-bond acceptors (Lipinski definition) is 6. The van der Waals surface area contributed by atoms with Gasteiger partial charge in [0.2, 0.25) is 0 Å². The van der Waals surface area contributed by atoms with Crippen molar-refractivity contribution < 1.29 is 13.9 Å². The third-order valence-corrected chi connectivity index (χ3v) is 6.07. The van der Waals surface area contributed by atoms with E-state index in [0.717, 1.165) is 39.0 Å². The standard InChI is InChI=1S/C19H28FN3O2S2/c20-18-10-16(25-12-14(13-26)21-27)5-6-17(18)19(24)23-9-3-4-15(23)11-22-7-1-2-8-22/h10,13,15,21,26-27H,1-9,11-12H2/b14-13-. The molecule has 2 saturated heterocycles. The number of amides is 1. The highest BCUT2D eigenvalue weighted by molar-refractivity contribution is 7.83. The van der Waals surface area contributed by atoms with E-state index in [-0.39, 0.29) is 24.1 Å². The van der Waals surface area contributed by atoms with Crippen molar-refractivity contribution in [2.24, 2.45) is 0 Å². The maximum absolute atomic E-state index is 14.6. The topological polar surface area (TPSA) is 44.8 Å². The molecule has 0 saturated carbocycles. The van der Waals surface area contributed by atoms with Gasteiger partial charge in [-0.1, -0.05) is 12.8 Å². The minimum atomic E-state index is -0.469. The first kappa shape index (κ1) is 20.6. The second-order valence-corrected chi connectivity index (χ2v) is 7.78. The van der Waals surface area contributed by atoms with Crippen LogP contribution in [0.1, 0.15) is 38.5 Å². The molecule has 1 aliphatic carbocycles. The van der Waals surface area contributed by atoms with Gasteiger partial charge < -0.3 is 19.3 Å². The molecule has 1 amide bonds. The van der Waals surface area contributed by atoms with Crippen molar-refractivity contribution in [2.45, 2.75) is 44.6 Å². The molecule has 0 aromatic heterocycles. The van der Waals surface area contributed by atoms with Gasteiger partial charge in [-0.3, -0.25) is 4.79 Å². The Morgan fingerprint density at radius 2 is 2.07 bits per heavy atom. The van der Waals surface area contributed by atoms with E-state index in [1.807, 2.05) is 4.90 Å². The highest BCUT2D eigenvalue weighted by atomic mass is 32.1. The molecule has 150 valence electrons. The molecule has 0 spiro atoms. The summed E-state index contributed by atoms with van der Waals surface area (Å²) in [6.45, 7) is 4.11. The average Bonchev–Trinajstić information content (AvgIpc) is 3.34. The Morgan fingerprint density at radius 1 is 1.30 bits per heavy atom. The van der Waals surface area contributed by atoms with Gasteiger partial charge in [-0.25, -0.2) is 4.39 Å². The first-order chi connectivity index (χ1) is 13.1. The van der Waals surface area contributed by atoms with Gasteiger partial charge in [0.1, 0.15) is 12.4 Å². The molecule has 0 radical (unpaired) electrons. The van der Waals surface area contributed by atoms with Crippen LogP contribution < -0.4 is 4.72 Å². The Kier molecular flexibility index (Phi) is 7.55. The van der Waals surface area contributed by atoms with E-state index in [2.05, 4.69) is 35.1 Å². The Hall–Kier alpha value is -1.12. The predicted octanol–water partition coefficient (Wildman–Crippen LogP) is 3.20. The van der Waals surface area contributed by atoms with Crippen LogP contribution in [0.2, 0.25) is 0 Å². The van der Waals surface area contributed by atoms with Crippen molar-refractivity contribution in [3.63, 3.8) is 0 Å². The van der Waals surface area contributed by atoms with Crippen molar-refractivity contribution in [1.29, 1.82) is 0 Å². The molecule has 1 atom stereocenters. The number of carbonyl (C=O) groups excluding carboxylic acids is 1. The van der Waals surface area contributed by atoms with Crippen molar-refractivity contribution in [3.05, 3.63) is 34.3 Å². The van der Waals surface area contributed by atoms with Crippen LogP contribution in [0.5, 0.6) is 0 Å². The van der Waals surface area contributed by atoms with E-state index in [1.54, 1.807) is 5.41 Å². The van der Waals surface area contributed by atoms with E-state index in [0.29, 0.717) is 24.3 Å². The van der Waals surface area contributed by atoms with Gasteiger partial charge in [0.05, 0.1) is 17.0 Å². The summed E-state index contributed by atoms with van der Waals surface area (Å²) in [7, 11) is 0. The van der Waals surface area contributed by atoms with Crippen LogP contribution in [0.15, 0.2) is 34.3 Å². The van der Waals surface area contributed by atoms with Crippen molar-refractivity contribution >= 4 is 31.4 Å². The number of hydrogen-bond donors (Lipinski definition) is 3. The molecule has 0 aromatic carbocycles. The number of rotatable bonds is 7. The van der Waals surface area contributed by atoms with Gasteiger partial charge in [-0.05, 0) is 50.6 Å². The fourth-order valence-corrected chi connectivity index (χ4v) is 4.36. The first-order valence-corrected chi connectivity index (χ1v) is 10.6. The molecular weight excluding hydrogens is 385 g/mol. The van der Waals surface area contributed by atoms with E-state index in [1.165, 1.54) is 18.9 Å². The smallest absolute Gasteiger partial charge is 0.253 e. The summed E-state index contributed by atoms with van der Waals surface area (Å²) in [4.78, 5) is 17.3. The Morgan fingerprint density at radius 3 is 2.74 bits per heavy atom. The summed E-state index contributed by atoms with van der Waals surface area (Å²) >= 11 is 7.99. The van der Waals surface area contributed by atoms with E-state index < -0.39 is 5.83 Å². The molecule has 3 aliphatic rings. The maximum Gasteiger partial charge on any atom is 0.253 e. The van der Waals surface area contributed by atoms with Gasteiger partial charge in [-0.15, -0.1) is 12.6 Å². The molecule has 8 heteroatoms. The van der Waals surface area contributed by atoms with Gasteiger partial charge >= 0.3 is 0 Å². The van der Waals surface area contributed by atoms with Crippen molar-refractivity contribution in [1.82, 2.24) is 14.5 Å². The van der Waals surface area contributed by atoms with Gasteiger partial charge in [0.25, 0.3) is 5.91 Å². The van der Waals surface area contributed by atoms with E-state index >= 15 is 0 Å². The average molecular weight is 414 g/mol. The summed E-state index contributed by atoms with van der Waals surface area (Å²) in [6.07, 6.45) is 6.72. The fraction of sp³-hybridized carbons (Fsp3) is 0.632. The number of carbonyl (C=O) groups is 1. The summed E-state index contributed by atoms with van der Waals surface area (Å²) in [5, 5.41) is 1.55. The second-order valence-electron chi connectivity index (χ2n) is 7.29. The molecule has 2 aliphatic heterocycles. The monoisotopic (exact) mass is 413 g/mol. The highest BCUT2D eigenvalue weighted by Crippen LogP contribution is 2.30. The van der Waals surface area contributed by atoms with E-state index in [4.69, 9.17) is 4.74 Å². The maximum atomic E-state index is 14.6. The third kappa shape index (κ3) is 5.23. The molecular formula is C19H28FN3O2S2. The largest absolute Gasteiger partial charge is 0.492 e. The van der Waals surface area contributed by atoms with Crippen molar-refractivity contribution in [2.75, 3.05) is 32.8 Å². The van der Waals surface area contributed by atoms with Crippen LogP contribution in [-0.4, -0.2) is 54.5 Å². The Bertz CT molecular complexity index is 645. The number of allylic oxidation sites excluding steroid dienone is 3. The van der Waals surface area contributed by atoms with Gasteiger partial charge in [0, 0.05) is 31.6 Å². The van der Waals surface area contributed by atoms with Crippen LogP contribution in [-0.2, 0) is 9.53 Å². The molecule has 1 unspecified atom stereocenters. The summed E-state index contributed by atoms with van der Waals surface area (Å²) < 4.78 is 22.9. The Labute approximate surface area is 171 Å². The second kappa shape index (κ2) is 9.89. The Balaban J connectivity index is 1.62. The lowest BCUT2D eigenvalue weighted by atomic mass is 10.0. The third-order valence-electron chi connectivity index (χ3n) is 5.47. The zero-order valence-electron chi connectivity index (χ0n) is 15.5. The van der Waals surface area contributed by atoms with Crippen LogP contribution in [0.3, 0.4) is 0 Å². The summed E-state index contributed by atoms with van der Waals surface area (Å²) in [6, 6.07) is 0.210. The number of nitrogens with zero attached hydrogens (tertiary/aromatic N) is 2. The number of likely N-dealkylation sites (tertiary alicyclic amines) is 2. The molecule has 2 heterocycles. The molecule has 3 rings (SSSR count). The molecule has 2 fully saturated rings. The SMILES string of the molecule is O=C(C1=C(F)C=C(OC/C(=C/S)NS)CC1)N1CCCC1CN1CCCC1. The molecule has 1 N–H and O–H groups in total. The highest BCUT2D eigenvalue weighted by Gasteiger charge is 2.34. The number of ether oxygens (including phenoxy) is 1. The number of halogens is 1. The van der Waals surface area contributed by atoms with Gasteiger partial charge in [0.15, 0.2) is 0 Å². The van der Waals surface area contributed by atoms with Crippen molar-refractivity contribution in [3.8, 4) is 0 Å². The van der Waals surface area contributed by atoms with Crippen LogP contribution in [0.4, 0.5) is 4.39 Å². The zero-order valence-corrected chi connectivity index (χ0v) is 17.3. The normalized spacial score (nSPS) is 24.4. The van der Waals surface area contributed by atoms with Crippen LogP contribution in [0.25, 0.3) is 0 Å². The molecule has 0 bridgehead atoms. The zero-order chi connectivity index (χ0) is 19.2. The molecule has 5 nitrogen and oxygen atoms in total. The molecule has 0 aromatic rings. The minimum Gasteiger partial charge on any atom is -0.492 e. The van der Waals surface area contributed by atoms with Crippen LogP contribution in [0, 0.1) is 0 Å². The summed E-state index contributed by atoms with van der Waals surface area (Å²) in [5.41, 5.74) is 0.962. The van der Waals surface area contributed by atoms with Crippen LogP contribution >= 0.6 is 25.4 Å². The van der Waals surface area contributed by atoms with Gasteiger partial charge in [-0.2, -0.15) is 0 Å².